The molecule has 0 radical (unpaired) electrons. The molecule has 0 fully saturated rings. The van der Waals surface area contributed by atoms with E-state index in [2.05, 4.69) is 48.1 Å². The zero-order valence-electron chi connectivity index (χ0n) is 11.2. The molecular formula is C16H17N3. The molecule has 19 heavy (non-hydrogen) atoms. The normalized spacial score (nSPS) is 11.1. The lowest BCUT2D eigenvalue weighted by molar-refractivity contribution is 1.07. The van der Waals surface area contributed by atoms with Gasteiger partial charge in [-0.05, 0) is 37.1 Å². The zero-order valence-corrected chi connectivity index (χ0v) is 11.2. The lowest BCUT2D eigenvalue weighted by Crippen LogP contribution is -1.95. The highest BCUT2D eigenvalue weighted by atomic mass is 14.9. The van der Waals surface area contributed by atoms with Gasteiger partial charge in [-0.25, -0.2) is 4.98 Å². The molecule has 0 atom stereocenters. The fourth-order valence-electron chi connectivity index (χ4n) is 2.39. The second-order valence-corrected chi connectivity index (χ2v) is 4.96. The lowest BCUT2D eigenvalue weighted by atomic mass is 10.1. The third-order valence-corrected chi connectivity index (χ3v) is 3.42. The third-order valence-electron chi connectivity index (χ3n) is 3.42. The molecule has 3 nitrogen and oxygen atoms in total. The maximum Gasteiger partial charge on any atom is 0.138 e. The molecule has 0 saturated heterocycles. The summed E-state index contributed by atoms with van der Waals surface area (Å²) in [7, 11) is 0. The van der Waals surface area contributed by atoms with Gasteiger partial charge in [-0.2, -0.15) is 0 Å². The van der Waals surface area contributed by atoms with Gasteiger partial charge in [0.15, 0.2) is 0 Å². The first-order valence-electron chi connectivity index (χ1n) is 6.44. The van der Waals surface area contributed by atoms with Crippen LogP contribution in [0.3, 0.4) is 0 Å². The number of H-pyrrole nitrogens is 1. The molecule has 0 amide bonds. The van der Waals surface area contributed by atoms with Crippen LogP contribution in [0.4, 0.5) is 0 Å². The van der Waals surface area contributed by atoms with Crippen molar-refractivity contribution < 1.29 is 0 Å². The van der Waals surface area contributed by atoms with Gasteiger partial charge < -0.3 is 10.7 Å². The minimum atomic E-state index is 0.549. The van der Waals surface area contributed by atoms with Crippen LogP contribution in [0, 0.1) is 13.8 Å². The van der Waals surface area contributed by atoms with Gasteiger partial charge in [0, 0.05) is 12.1 Å². The largest absolute Gasteiger partial charge is 0.338 e. The van der Waals surface area contributed by atoms with Crippen molar-refractivity contribution >= 4 is 11.0 Å². The highest BCUT2D eigenvalue weighted by Gasteiger charge is 2.08. The number of nitrogens with zero attached hydrogens (tertiary/aromatic N) is 1. The molecule has 3 N–H and O–H groups in total. The van der Waals surface area contributed by atoms with Gasteiger partial charge in [0.05, 0.1) is 11.0 Å². The van der Waals surface area contributed by atoms with Gasteiger partial charge in [0.1, 0.15) is 5.82 Å². The number of hydrogen-bond donors (Lipinski definition) is 2. The zero-order chi connectivity index (χ0) is 13.4. The van der Waals surface area contributed by atoms with E-state index in [1.165, 1.54) is 11.1 Å². The van der Waals surface area contributed by atoms with E-state index in [1.807, 2.05) is 12.1 Å². The number of aromatic nitrogens is 2. The number of aromatic amines is 1. The molecule has 2 aromatic carbocycles. The van der Waals surface area contributed by atoms with Crippen LogP contribution in [0.1, 0.15) is 16.7 Å². The lowest BCUT2D eigenvalue weighted by Gasteiger charge is -2.03. The number of nitrogens with one attached hydrogen (secondary N) is 1. The quantitative estimate of drug-likeness (QED) is 0.734. The molecule has 3 rings (SSSR count). The number of nitrogens with two attached hydrogens (primary N) is 1. The molecule has 0 aliphatic heterocycles. The first-order valence-corrected chi connectivity index (χ1v) is 6.44. The number of benzene rings is 2. The highest BCUT2D eigenvalue weighted by molar-refractivity contribution is 5.80. The Morgan fingerprint density at radius 1 is 1.11 bits per heavy atom. The van der Waals surface area contributed by atoms with Crippen molar-refractivity contribution in [3.05, 3.63) is 53.1 Å². The fraction of sp³-hybridized carbons (Fsp3) is 0.188. The van der Waals surface area contributed by atoms with Crippen LogP contribution in [0.25, 0.3) is 22.4 Å². The van der Waals surface area contributed by atoms with Crippen molar-refractivity contribution in [2.75, 3.05) is 0 Å². The minimum Gasteiger partial charge on any atom is -0.338 e. The first kappa shape index (κ1) is 11.9. The molecule has 1 aromatic heterocycles. The average molecular weight is 251 g/mol. The summed E-state index contributed by atoms with van der Waals surface area (Å²) in [4.78, 5) is 8.03. The summed E-state index contributed by atoms with van der Waals surface area (Å²) in [6.45, 7) is 4.76. The Balaban J connectivity index is 2.14. The van der Waals surface area contributed by atoms with Crippen LogP contribution >= 0.6 is 0 Å². The Morgan fingerprint density at radius 2 is 1.95 bits per heavy atom. The molecule has 3 heteroatoms. The number of rotatable bonds is 2. The summed E-state index contributed by atoms with van der Waals surface area (Å²) in [5, 5.41) is 0. The molecule has 0 unspecified atom stereocenters. The second-order valence-electron chi connectivity index (χ2n) is 4.96. The summed E-state index contributed by atoms with van der Waals surface area (Å²) >= 11 is 0. The van der Waals surface area contributed by atoms with Crippen LogP contribution in [0.5, 0.6) is 0 Å². The maximum absolute atomic E-state index is 5.67. The van der Waals surface area contributed by atoms with Crippen LogP contribution < -0.4 is 5.73 Å². The molecule has 0 bridgehead atoms. The molecular weight excluding hydrogens is 234 g/mol. The second kappa shape index (κ2) is 4.52. The molecule has 96 valence electrons. The molecule has 0 spiro atoms. The topological polar surface area (TPSA) is 54.7 Å². The molecule has 3 aromatic rings. The molecule has 0 saturated carbocycles. The monoisotopic (exact) mass is 251 g/mol. The summed E-state index contributed by atoms with van der Waals surface area (Å²) in [6, 6.07) is 12.5. The van der Waals surface area contributed by atoms with Crippen LogP contribution in [0.15, 0.2) is 36.4 Å². The predicted octanol–water partition coefficient (Wildman–Crippen LogP) is 3.31. The van der Waals surface area contributed by atoms with Gasteiger partial charge in [-0.15, -0.1) is 0 Å². The standard InChI is InChI=1S/C16H17N3/c1-10-3-5-13(11(2)7-10)16-18-14-6-4-12(9-17)8-15(14)19-16/h3-8H,9,17H2,1-2H3,(H,18,19). The van der Waals surface area contributed by atoms with E-state index in [1.54, 1.807) is 0 Å². The first-order chi connectivity index (χ1) is 9.17. The fourth-order valence-corrected chi connectivity index (χ4v) is 2.39. The summed E-state index contributed by atoms with van der Waals surface area (Å²) in [5.74, 6) is 0.918. The minimum absolute atomic E-state index is 0.549. The van der Waals surface area contributed by atoms with Crippen molar-refractivity contribution in [1.82, 2.24) is 9.97 Å². The number of fused-ring (bicyclic) bond motifs is 1. The van der Waals surface area contributed by atoms with Gasteiger partial charge in [-0.3, -0.25) is 0 Å². The van der Waals surface area contributed by atoms with E-state index >= 15 is 0 Å². The van der Waals surface area contributed by atoms with E-state index in [9.17, 15) is 0 Å². The van der Waals surface area contributed by atoms with E-state index in [0.717, 1.165) is 28.0 Å². The van der Waals surface area contributed by atoms with Gasteiger partial charge in [0.25, 0.3) is 0 Å². The molecule has 1 heterocycles. The SMILES string of the molecule is Cc1ccc(-c2nc3ccc(CN)cc3[nH]2)c(C)c1. The highest BCUT2D eigenvalue weighted by Crippen LogP contribution is 2.24. The van der Waals surface area contributed by atoms with Crippen LogP contribution in [0.2, 0.25) is 0 Å². The Morgan fingerprint density at radius 3 is 2.68 bits per heavy atom. The molecule has 0 aliphatic carbocycles. The van der Waals surface area contributed by atoms with Crippen LogP contribution in [-0.4, -0.2) is 9.97 Å². The van der Waals surface area contributed by atoms with Crippen molar-refractivity contribution in [3.63, 3.8) is 0 Å². The van der Waals surface area contributed by atoms with Crippen LogP contribution in [-0.2, 0) is 6.54 Å². The van der Waals surface area contributed by atoms with Crippen molar-refractivity contribution in [3.8, 4) is 11.4 Å². The summed E-state index contributed by atoms with van der Waals surface area (Å²) in [6.07, 6.45) is 0. The van der Waals surface area contributed by atoms with Gasteiger partial charge in [-0.1, -0.05) is 29.8 Å². The predicted molar refractivity (Wildman–Crippen MR) is 78.9 cm³/mol. The Bertz CT molecular complexity index is 741. The van der Waals surface area contributed by atoms with Gasteiger partial charge in [0.2, 0.25) is 0 Å². The summed E-state index contributed by atoms with van der Waals surface area (Å²) in [5.41, 5.74) is 12.4. The Kier molecular flexibility index (Phi) is 2.84. The maximum atomic E-state index is 5.67. The van der Waals surface area contributed by atoms with E-state index in [-0.39, 0.29) is 0 Å². The van der Waals surface area contributed by atoms with E-state index < -0.39 is 0 Å². The van der Waals surface area contributed by atoms with E-state index in [0.29, 0.717) is 6.54 Å². The number of aryl methyl sites for hydroxylation is 2. The third kappa shape index (κ3) is 2.13. The number of hydrogen-bond acceptors (Lipinski definition) is 2. The smallest absolute Gasteiger partial charge is 0.138 e. The Hall–Kier alpha value is -2.13. The van der Waals surface area contributed by atoms with Crippen molar-refractivity contribution in [2.45, 2.75) is 20.4 Å². The molecule has 0 aliphatic rings. The Labute approximate surface area is 112 Å². The van der Waals surface area contributed by atoms with Gasteiger partial charge >= 0.3 is 0 Å². The summed E-state index contributed by atoms with van der Waals surface area (Å²) < 4.78 is 0. The van der Waals surface area contributed by atoms with Crippen molar-refractivity contribution in [2.24, 2.45) is 5.73 Å². The van der Waals surface area contributed by atoms with E-state index in [4.69, 9.17) is 5.73 Å². The average Bonchev–Trinajstić information content (AvgIpc) is 2.80. The number of imidazole rings is 1. The van der Waals surface area contributed by atoms with Crippen molar-refractivity contribution in [1.29, 1.82) is 0 Å².